The third-order valence-electron chi connectivity index (χ3n) is 6.77. The van der Waals surface area contributed by atoms with Crippen LogP contribution in [0.3, 0.4) is 0 Å². The SMILES string of the molecule is CCCNS(=O)(=O)c1ccc(-c2ccc(CN(Cc3cc(Cl)ccc3OCCC)C(=O)c3cc4ccccc4o3)cc2)s1. The van der Waals surface area contributed by atoms with Crippen molar-refractivity contribution in [1.82, 2.24) is 9.62 Å². The third kappa shape index (κ3) is 7.48. The first-order valence-electron chi connectivity index (χ1n) is 14.1. The average molecular weight is 637 g/mol. The number of benzene rings is 3. The molecule has 0 unspecified atom stereocenters. The minimum absolute atomic E-state index is 0.250. The number of para-hydroxylation sites is 1. The minimum Gasteiger partial charge on any atom is -0.493 e. The lowest BCUT2D eigenvalue weighted by atomic mass is 10.1. The van der Waals surface area contributed by atoms with Gasteiger partial charge >= 0.3 is 0 Å². The Kier molecular flexibility index (Phi) is 9.87. The molecule has 0 bridgehead atoms. The van der Waals surface area contributed by atoms with E-state index < -0.39 is 10.0 Å². The number of carbonyl (C=O) groups excluding carboxylic acids is 1. The zero-order valence-corrected chi connectivity index (χ0v) is 26.4. The summed E-state index contributed by atoms with van der Waals surface area (Å²) in [5.74, 6) is 0.676. The van der Waals surface area contributed by atoms with Crippen molar-refractivity contribution in [2.45, 2.75) is 44.0 Å². The molecule has 0 aliphatic carbocycles. The smallest absolute Gasteiger partial charge is 0.290 e. The zero-order chi connectivity index (χ0) is 30.4. The minimum atomic E-state index is -3.53. The summed E-state index contributed by atoms with van der Waals surface area (Å²) < 4.78 is 39.9. The van der Waals surface area contributed by atoms with Gasteiger partial charge in [-0.2, -0.15) is 0 Å². The lowest BCUT2D eigenvalue weighted by Gasteiger charge is -2.24. The first-order chi connectivity index (χ1) is 20.8. The quantitative estimate of drug-likeness (QED) is 0.141. The fourth-order valence-electron chi connectivity index (χ4n) is 4.59. The Balaban J connectivity index is 1.42. The summed E-state index contributed by atoms with van der Waals surface area (Å²) in [5.41, 5.74) is 3.24. The van der Waals surface area contributed by atoms with Crippen LogP contribution in [0.25, 0.3) is 21.4 Å². The van der Waals surface area contributed by atoms with Crippen molar-refractivity contribution in [1.29, 1.82) is 0 Å². The maximum absolute atomic E-state index is 13.9. The van der Waals surface area contributed by atoms with Gasteiger partial charge in [0, 0.05) is 33.9 Å². The molecule has 224 valence electrons. The normalized spacial score (nSPS) is 11.6. The molecule has 0 fully saturated rings. The first-order valence-corrected chi connectivity index (χ1v) is 16.8. The number of nitrogens with zero attached hydrogens (tertiary/aromatic N) is 1. The van der Waals surface area contributed by atoms with Crippen molar-refractivity contribution in [3.63, 3.8) is 0 Å². The van der Waals surface area contributed by atoms with E-state index >= 15 is 0 Å². The van der Waals surface area contributed by atoms with Gasteiger partial charge < -0.3 is 14.1 Å². The maximum Gasteiger partial charge on any atom is 0.290 e. The number of rotatable bonds is 13. The van der Waals surface area contributed by atoms with Crippen LogP contribution in [0.15, 0.2) is 93.6 Å². The van der Waals surface area contributed by atoms with Gasteiger partial charge in [-0.15, -0.1) is 11.3 Å². The predicted octanol–water partition coefficient (Wildman–Crippen LogP) is 8.13. The van der Waals surface area contributed by atoms with E-state index in [1.54, 1.807) is 23.1 Å². The summed E-state index contributed by atoms with van der Waals surface area (Å²) >= 11 is 7.58. The second-order valence-corrected chi connectivity index (χ2v) is 13.6. The number of carbonyl (C=O) groups is 1. The van der Waals surface area contributed by atoms with Crippen LogP contribution in [-0.2, 0) is 23.1 Å². The van der Waals surface area contributed by atoms with E-state index in [-0.39, 0.29) is 22.4 Å². The van der Waals surface area contributed by atoms with Gasteiger partial charge in [-0.25, -0.2) is 13.1 Å². The summed E-state index contributed by atoms with van der Waals surface area (Å²) in [7, 11) is -3.53. The van der Waals surface area contributed by atoms with Crippen LogP contribution >= 0.6 is 22.9 Å². The highest BCUT2D eigenvalue weighted by Gasteiger charge is 2.23. The Labute approximate surface area is 261 Å². The van der Waals surface area contributed by atoms with Gasteiger partial charge in [0.1, 0.15) is 15.5 Å². The molecule has 0 saturated carbocycles. The second kappa shape index (κ2) is 13.8. The van der Waals surface area contributed by atoms with Gasteiger partial charge in [0.05, 0.1) is 13.2 Å². The Bertz CT molecular complexity index is 1780. The van der Waals surface area contributed by atoms with Gasteiger partial charge in [0.25, 0.3) is 5.91 Å². The molecule has 3 aromatic carbocycles. The molecule has 10 heteroatoms. The number of thiophene rings is 1. The molecule has 0 aliphatic rings. The second-order valence-electron chi connectivity index (χ2n) is 10.1. The number of amides is 1. The fraction of sp³-hybridized carbons (Fsp3) is 0.242. The summed E-state index contributed by atoms with van der Waals surface area (Å²) in [4.78, 5) is 16.4. The molecule has 5 aromatic rings. The zero-order valence-electron chi connectivity index (χ0n) is 24.0. The lowest BCUT2D eigenvalue weighted by Crippen LogP contribution is -2.30. The average Bonchev–Trinajstić information content (AvgIpc) is 3.68. The van der Waals surface area contributed by atoms with Crippen LogP contribution in [0.1, 0.15) is 48.4 Å². The lowest BCUT2D eigenvalue weighted by molar-refractivity contribution is 0.0698. The molecule has 2 heterocycles. The van der Waals surface area contributed by atoms with Crippen LogP contribution in [0.2, 0.25) is 5.02 Å². The first kappa shape index (κ1) is 30.8. The number of hydrogen-bond acceptors (Lipinski definition) is 6. The molecule has 0 atom stereocenters. The van der Waals surface area contributed by atoms with Crippen molar-refractivity contribution < 1.29 is 22.4 Å². The fourth-order valence-corrected chi connectivity index (χ4v) is 7.28. The van der Waals surface area contributed by atoms with E-state index in [9.17, 15) is 13.2 Å². The van der Waals surface area contributed by atoms with Crippen LogP contribution in [-0.4, -0.2) is 32.4 Å². The van der Waals surface area contributed by atoms with Gasteiger partial charge in [0.15, 0.2) is 5.76 Å². The molecular formula is C33H33ClN2O5S2. The number of nitrogens with one attached hydrogen (secondary N) is 1. The highest BCUT2D eigenvalue weighted by Crippen LogP contribution is 2.32. The molecular weight excluding hydrogens is 604 g/mol. The predicted molar refractivity (Wildman–Crippen MR) is 172 cm³/mol. The van der Waals surface area contributed by atoms with Crippen molar-refractivity contribution in [3.8, 4) is 16.2 Å². The van der Waals surface area contributed by atoms with Crippen LogP contribution in [0, 0.1) is 0 Å². The number of hydrogen-bond donors (Lipinski definition) is 1. The van der Waals surface area contributed by atoms with E-state index in [4.69, 9.17) is 20.8 Å². The van der Waals surface area contributed by atoms with Crippen LogP contribution in [0.4, 0.5) is 0 Å². The summed E-state index contributed by atoms with van der Waals surface area (Å²) in [6.07, 6.45) is 1.57. The van der Waals surface area contributed by atoms with E-state index in [1.807, 2.05) is 80.6 Å². The van der Waals surface area contributed by atoms with Crippen LogP contribution in [0.5, 0.6) is 5.75 Å². The number of ether oxygens (including phenoxy) is 1. The van der Waals surface area contributed by atoms with Crippen molar-refractivity contribution >= 4 is 49.8 Å². The molecule has 0 spiro atoms. The Morgan fingerprint density at radius 2 is 1.74 bits per heavy atom. The van der Waals surface area contributed by atoms with E-state index in [0.29, 0.717) is 36.1 Å². The van der Waals surface area contributed by atoms with Crippen molar-refractivity contribution in [3.05, 3.63) is 107 Å². The van der Waals surface area contributed by atoms with E-state index in [1.165, 1.54) is 11.3 Å². The molecule has 7 nitrogen and oxygen atoms in total. The van der Waals surface area contributed by atoms with Crippen molar-refractivity contribution in [2.75, 3.05) is 13.2 Å². The van der Waals surface area contributed by atoms with Gasteiger partial charge in [-0.1, -0.05) is 67.9 Å². The summed E-state index contributed by atoms with van der Waals surface area (Å²) in [5, 5.41) is 1.41. The Morgan fingerprint density at radius 3 is 2.49 bits per heavy atom. The largest absolute Gasteiger partial charge is 0.493 e. The molecule has 0 saturated heterocycles. The standard InChI is InChI=1S/C33H33ClN2O5S2/c1-3-17-35-43(38,39)32-16-15-31(42-32)24-11-9-23(10-12-24)21-36(22-26-19-27(34)13-14-28(26)40-18-4-2)33(37)30-20-25-7-5-6-8-29(25)41-30/h5-16,19-20,35H,3-4,17-18,21-22H2,1-2H3. The van der Waals surface area contributed by atoms with E-state index in [0.717, 1.165) is 39.8 Å². The summed E-state index contributed by atoms with van der Waals surface area (Å²) in [6.45, 7) is 5.47. The molecule has 43 heavy (non-hydrogen) atoms. The highest BCUT2D eigenvalue weighted by atomic mass is 35.5. The highest BCUT2D eigenvalue weighted by molar-refractivity contribution is 7.91. The molecule has 2 aromatic heterocycles. The topological polar surface area (TPSA) is 88.9 Å². The molecule has 1 N–H and O–H groups in total. The molecule has 5 rings (SSSR count). The maximum atomic E-state index is 13.9. The number of halogens is 1. The number of fused-ring (bicyclic) bond motifs is 1. The molecule has 1 amide bonds. The van der Waals surface area contributed by atoms with Crippen LogP contribution < -0.4 is 9.46 Å². The van der Waals surface area contributed by atoms with Gasteiger partial charge in [0.2, 0.25) is 10.0 Å². The number of furan rings is 1. The molecule has 0 aliphatic heterocycles. The monoisotopic (exact) mass is 636 g/mol. The van der Waals surface area contributed by atoms with E-state index in [2.05, 4.69) is 4.72 Å². The third-order valence-corrected chi connectivity index (χ3v) is 10.1. The summed E-state index contributed by atoms with van der Waals surface area (Å²) in [6, 6.07) is 25.9. The number of sulfonamides is 1. The van der Waals surface area contributed by atoms with Crippen molar-refractivity contribution in [2.24, 2.45) is 0 Å². The Hall–Kier alpha value is -3.63. The Morgan fingerprint density at radius 1 is 0.953 bits per heavy atom. The molecule has 0 radical (unpaired) electrons. The van der Waals surface area contributed by atoms with Gasteiger partial charge in [-0.3, -0.25) is 4.79 Å². The van der Waals surface area contributed by atoms with Gasteiger partial charge in [-0.05, 0) is 66.4 Å².